The first kappa shape index (κ1) is 14.1. The minimum atomic E-state index is 0.103. The maximum atomic E-state index is 12.7. The number of H-pyrrole nitrogens is 1. The van der Waals surface area contributed by atoms with Gasteiger partial charge in [-0.25, -0.2) is 0 Å². The lowest BCUT2D eigenvalue weighted by Gasteiger charge is -2.34. The van der Waals surface area contributed by atoms with E-state index in [2.05, 4.69) is 10.2 Å². The Morgan fingerprint density at radius 1 is 1.47 bits per heavy atom. The van der Waals surface area contributed by atoms with Crippen LogP contribution in [0.4, 0.5) is 0 Å². The third kappa shape index (κ3) is 3.35. The number of hydrogen-bond donors (Lipinski definition) is 2. The number of rotatable bonds is 5. The van der Waals surface area contributed by atoms with E-state index in [-0.39, 0.29) is 5.91 Å². The Morgan fingerprint density at radius 2 is 2.21 bits per heavy atom. The molecule has 0 aromatic carbocycles. The van der Waals surface area contributed by atoms with Gasteiger partial charge in [-0.05, 0) is 32.7 Å². The summed E-state index contributed by atoms with van der Waals surface area (Å²) >= 11 is 0. The van der Waals surface area contributed by atoms with Crippen molar-refractivity contribution in [2.75, 3.05) is 13.1 Å². The second-order valence-electron chi connectivity index (χ2n) is 5.34. The van der Waals surface area contributed by atoms with Gasteiger partial charge in [-0.15, -0.1) is 0 Å². The zero-order valence-electron chi connectivity index (χ0n) is 11.7. The average Bonchev–Trinajstić information content (AvgIpc) is 2.86. The molecule has 2 rings (SSSR count). The van der Waals surface area contributed by atoms with Crippen molar-refractivity contribution in [3.05, 3.63) is 17.5 Å². The zero-order valence-corrected chi connectivity index (χ0v) is 11.7. The van der Waals surface area contributed by atoms with E-state index in [9.17, 15) is 4.79 Å². The number of aryl methyl sites for hydroxylation is 1. The fourth-order valence-electron chi connectivity index (χ4n) is 2.83. The van der Waals surface area contributed by atoms with Gasteiger partial charge in [-0.1, -0.05) is 19.3 Å². The van der Waals surface area contributed by atoms with Crippen molar-refractivity contribution >= 4 is 5.91 Å². The number of carbonyl (C=O) groups excluding carboxylic acids is 1. The quantitative estimate of drug-likeness (QED) is 0.852. The van der Waals surface area contributed by atoms with Crippen molar-refractivity contribution < 1.29 is 4.79 Å². The van der Waals surface area contributed by atoms with Gasteiger partial charge in [0, 0.05) is 18.3 Å². The fraction of sp³-hybridized carbons (Fsp3) is 0.714. The highest BCUT2D eigenvalue weighted by Gasteiger charge is 2.27. The van der Waals surface area contributed by atoms with Gasteiger partial charge >= 0.3 is 0 Å². The van der Waals surface area contributed by atoms with E-state index in [0.717, 1.165) is 31.5 Å². The van der Waals surface area contributed by atoms with Crippen LogP contribution in [0, 0.1) is 6.92 Å². The number of nitrogens with zero attached hydrogens (tertiary/aromatic N) is 2. The number of nitrogens with two attached hydrogens (primary N) is 1. The van der Waals surface area contributed by atoms with Crippen molar-refractivity contribution in [3.8, 4) is 0 Å². The molecule has 0 unspecified atom stereocenters. The molecule has 106 valence electrons. The van der Waals surface area contributed by atoms with Gasteiger partial charge in [0.15, 0.2) is 0 Å². The minimum Gasteiger partial charge on any atom is -0.336 e. The molecule has 0 spiro atoms. The maximum Gasteiger partial charge on any atom is 0.257 e. The predicted molar refractivity (Wildman–Crippen MR) is 74.9 cm³/mol. The largest absolute Gasteiger partial charge is 0.336 e. The van der Waals surface area contributed by atoms with E-state index >= 15 is 0 Å². The van der Waals surface area contributed by atoms with E-state index in [0.29, 0.717) is 18.2 Å². The van der Waals surface area contributed by atoms with Crippen LogP contribution in [0.5, 0.6) is 0 Å². The molecule has 0 saturated heterocycles. The molecule has 19 heavy (non-hydrogen) atoms. The summed E-state index contributed by atoms with van der Waals surface area (Å²) in [5.74, 6) is 0.103. The van der Waals surface area contributed by atoms with Gasteiger partial charge < -0.3 is 10.6 Å². The molecule has 1 saturated carbocycles. The van der Waals surface area contributed by atoms with Crippen LogP contribution in [-0.2, 0) is 0 Å². The lowest BCUT2D eigenvalue weighted by atomic mass is 9.93. The Labute approximate surface area is 114 Å². The summed E-state index contributed by atoms with van der Waals surface area (Å²) in [4.78, 5) is 14.7. The average molecular weight is 264 g/mol. The Hall–Kier alpha value is -1.36. The van der Waals surface area contributed by atoms with Crippen LogP contribution in [0.1, 0.15) is 54.6 Å². The molecule has 1 heterocycles. The van der Waals surface area contributed by atoms with Crippen molar-refractivity contribution in [2.45, 2.75) is 51.5 Å². The number of hydrogen-bond acceptors (Lipinski definition) is 3. The Balaban J connectivity index is 2.12. The van der Waals surface area contributed by atoms with Crippen molar-refractivity contribution in [3.63, 3.8) is 0 Å². The van der Waals surface area contributed by atoms with E-state index in [1.165, 1.54) is 19.3 Å². The number of amides is 1. The van der Waals surface area contributed by atoms with Gasteiger partial charge in [-0.2, -0.15) is 5.10 Å². The summed E-state index contributed by atoms with van der Waals surface area (Å²) in [7, 11) is 0. The molecule has 5 heteroatoms. The first-order valence-electron chi connectivity index (χ1n) is 7.25. The molecule has 1 fully saturated rings. The minimum absolute atomic E-state index is 0.103. The highest BCUT2D eigenvalue weighted by atomic mass is 16.2. The third-order valence-electron chi connectivity index (χ3n) is 3.94. The lowest BCUT2D eigenvalue weighted by molar-refractivity contribution is 0.0632. The molecular weight excluding hydrogens is 240 g/mol. The normalized spacial score (nSPS) is 16.5. The first-order valence-corrected chi connectivity index (χ1v) is 7.25. The Morgan fingerprint density at radius 3 is 2.79 bits per heavy atom. The monoisotopic (exact) mass is 264 g/mol. The van der Waals surface area contributed by atoms with Crippen LogP contribution in [0.25, 0.3) is 0 Å². The van der Waals surface area contributed by atoms with Crippen LogP contribution in [0.15, 0.2) is 6.20 Å². The number of nitrogens with one attached hydrogen (secondary N) is 1. The third-order valence-corrected chi connectivity index (χ3v) is 3.94. The van der Waals surface area contributed by atoms with E-state index in [4.69, 9.17) is 5.73 Å². The molecule has 1 aromatic heterocycles. The number of aromatic nitrogens is 2. The summed E-state index contributed by atoms with van der Waals surface area (Å²) in [5.41, 5.74) is 7.14. The summed E-state index contributed by atoms with van der Waals surface area (Å²) in [5, 5.41) is 6.79. The van der Waals surface area contributed by atoms with Crippen molar-refractivity contribution in [1.29, 1.82) is 0 Å². The van der Waals surface area contributed by atoms with E-state index in [1.54, 1.807) is 6.20 Å². The van der Waals surface area contributed by atoms with Crippen LogP contribution in [-0.4, -0.2) is 40.1 Å². The summed E-state index contributed by atoms with van der Waals surface area (Å²) < 4.78 is 0. The van der Waals surface area contributed by atoms with Crippen LogP contribution in [0.3, 0.4) is 0 Å². The molecule has 0 radical (unpaired) electrons. The van der Waals surface area contributed by atoms with Crippen molar-refractivity contribution in [1.82, 2.24) is 15.1 Å². The highest BCUT2D eigenvalue weighted by molar-refractivity contribution is 5.95. The smallest absolute Gasteiger partial charge is 0.257 e. The second-order valence-corrected chi connectivity index (χ2v) is 5.34. The topological polar surface area (TPSA) is 75.0 Å². The Bertz CT molecular complexity index is 409. The molecule has 0 aliphatic heterocycles. The molecule has 1 aliphatic rings. The molecule has 1 amide bonds. The first-order chi connectivity index (χ1) is 9.24. The van der Waals surface area contributed by atoms with Gasteiger partial charge in [0.1, 0.15) is 0 Å². The SMILES string of the molecule is Cc1[nH]ncc1C(=O)N(CCCN)C1CCCCC1. The summed E-state index contributed by atoms with van der Waals surface area (Å²) in [6, 6.07) is 0.377. The summed E-state index contributed by atoms with van der Waals surface area (Å²) in [6.45, 7) is 3.27. The molecule has 0 bridgehead atoms. The number of aromatic amines is 1. The fourth-order valence-corrected chi connectivity index (χ4v) is 2.83. The molecule has 1 aliphatic carbocycles. The molecular formula is C14H24N4O. The van der Waals surface area contributed by atoms with Crippen LogP contribution < -0.4 is 5.73 Å². The van der Waals surface area contributed by atoms with Gasteiger partial charge in [0.2, 0.25) is 0 Å². The summed E-state index contributed by atoms with van der Waals surface area (Å²) in [6.07, 6.45) is 8.47. The van der Waals surface area contributed by atoms with E-state index in [1.807, 2.05) is 11.8 Å². The van der Waals surface area contributed by atoms with Crippen LogP contribution in [0.2, 0.25) is 0 Å². The molecule has 0 atom stereocenters. The molecule has 5 nitrogen and oxygen atoms in total. The van der Waals surface area contributed by atoms with Crippen LogP contribution >= 0.6 is 0 Å². The molecule has 1 aromatic rings. The standard InChI is InChI=1S/C14H24N4O/c1-11-13(10-16-17-11)14(19)18(9-5-8-15)12-6-3-2-4-7-12/h10,12H,2-9,15H2,1H3,(H,16,17). The lowest BCUT2D eigenvalue weighted by Crippen LogP contribution is -2.42. The second kappa shape index (κ2) is 6.70. The molecule has 3 N–H and O–H groups in total. The van der Waals surface area contributed by atoms with E-state index < -0.39 is 0 Å². The van der Waals surface area contributed by atoms with Crippen molar-refractivity contribution in [2.24, 2.45) is 5.73 Å². The van der Waals surface area contributed by atoms with Gasteiger partial charge in [-0.3, -0.25) is 9.89 Å². The maximum absolute atomic E-state index is 12.7. The zero-order chi connectivity index (χ0) is 13.7. The van der Waals surface area contributed by atoms with Gasteiger partial charge in [0.25, 0.3) is 5.91 Å². The highest BCUT2D eigenvalue weighted by Crippen LogP contribution is 2.24. The predicted octanol–water partition coefficient (Wildman–Crippen LogP) is 1.84. The van der Waals surface area contributed by atoms with Gasteiger partial charge in [0.05, 0.1) is 11.8 Å². The Kier molecular flexibility index (Phi) is 4.96. The number of carbonyl (C=O) groups is 1.